The zero-order valence-electron chi connectivity index (χ0n) is 14.9. The maximum Gasteiger partial charge on any atom is 0.257 e. The number of carbonyl (C=O) groups is 1. The molecule has 3 rings (SSSR count). The van der Waals surface area contributed by atoms with Gasteiger partial charge in [-0.15, -0.1) is 0 Å². The van der Waals surface area contributed by atoms with Crippen LogP contribution in [0.15, 0.2) is 42.9 Å². The van der Waals surface area contributed by atoms with Crippen molar-refractivity contribution >= 4 is 16.8 Å². The van der Waals surface area contributed by atoms with E-state index in [9.17, 15) is 4.79 Å². The molecule has 0 N–H and O–H groups in total. The molecular formula is C19H22N4O2. The summed E-state index contributed by atoms with van der Waals surface area (Å²) in [6, 6.07) is 7.97. The predicted octanol–water partition coefficient (Wildman–Crippen LogP) is 3.29. The van der Waals surface area contributed by atoms with Gasteiger partial charge in [0.2, 0.25) is 0 Å². The molecule has 2 aromatic heterocycles. The van der Waals surface area contributed by atoms with Crippen molar-refractivity contribution in [1.82, 2.24) is 19.7 Å². The Labute approximate surface area is 147 Å². The summed E-state index contributed by atoms with van der Waals surface area (Å²) in [5, 5.41) is 5.23. The van der Waals surface area contributed by atoms with Gasteiger partial charge in [-0.05, 0) is 31.5 Å². The molecule has 0 radical (unpaired) electrons. The Hall–Kier alpha value is -2.89. The zero-order valence-corrected chi connectivity index (χ0v) is 14.9. The Kier molecular flexibility index (Phi) is 4.70. The van der Waals surface area contributed by atoms with E-state index in [1.807, 2.05) is 38.1 Å². The van der Waals surface area contributed by atoms with Gasteiger partial charge in [-0.25, -0.2) is 0 Å². The second-order valence-corrected chi connectivity index (χ2v) is 6.29. The number of hydrogen-bond acceptors (Lipinski definition) is 4. The standard InChI is InChI=1S/C19H22N4O2/c1-13(2)23-12-15(10-21-23)19(24)22(3)11-14-7-8-17(25-4)18-16(14)6-5-9-20-18/h5-10,12-13H,11H2,1-4H3. The van der Waals surface area contributed by atoms with Gasteiger partial charge >= 0.3 is 0 Å². The largest absolute Gasteiger partial charge is 0.494 e. The number of hydrogen-bond donors (Lipinski definition) is 0. The lowest BCUT2D eigenvalue weighted by atomic mass is 10.1. The quantitative estimate of drug-likeness (QED) is 0.716. The van der Waals surface area contributed by atoms with Gasteiger partial charge in [0.25, 0.3) is 5.91 Å². The summed E-state index contributed by atoms with van der Waals surface area (Å²) in [5.41, 5.74) is 2.42. The molecule has 0 fully saturated rings. The van der Waals surface area contributed by atoms with Gasteiger partial charge in [-0.2, -0.15) is 5.10 Å². The molecule has 0 unspecified atom stereocenters. The van der Waals surface area contributed by atoms with Crippen LogP contribution in [-0.4, -0.2) is 39.7 Å². The highest BCUT2D eigenvalue weighted by atomic mass is 16.5. The lowest BCUT2D eigenvalue weighted by Gasteiger charge is -2.18. The lowest BCUT2D eigenvalue weighted by Crippen LogP contribution is -2.26. The van der Waals surface area contributed by atoms with Gasteiger partial charge in [-0.1, -0.05) is 12.1 Å². The van der Waals surface area contributed by atoms with Crippen molar-refractivity contribution in [2.24, 2.45) is 0 Å². The number of nitrogens with zero attached hydrogens (tertiary/aromatic N) is 4. The average Bonchev–Trinajstić information content (AvgIpc) is 3.11. The number of aromatic nitrogens is 3. The lowest BCUT2D eigenvalue weighted by molar-refractivity contribution is 0.0785. The molecule has 130 valence electrons. The van der Waals surface area contributed by atoms with E-state index in [1.54, 1.807) is 42.3 Å². The van der Waals surface area contributed by atoms with Crippen LogP contribution in [0.4, 0.5) is 0 Å². The fraction of sp³-hybridized carbons (Fsp3) is 0.316. The molecule has 1 aromatic carbocycles. The summed E-state index contributed by atoms with van der Waals surface area (Å²) in [4.78, 5) is 18.8. The summed E-state index contributed by atoms with van der Waals surface area (Å²) >= 11 is 0. The van der Waals surface area contributed by atoms with Crippen LogP contribution in [0.25, 0.3) is 10.9 Å². The van der Waals surface area contributed by atoms with E-state index in [1.165, 1.54) is 0 Å². The second kappa shape index (κ2) is 6.93. The third-order valence-electron chi connectivity index (χ3n) is 4.17. The minimum atomic E-state index is -0.0558. The van der Waals surface area contributed by atoms with Gasteiger partial charge in [0, 0.05) is 37.4 Å². The number of rotatable bonds is 5. The van der Waals surface area contributed by atoms with Crippen LogP contribution in [-0.2, 0) is 6.54 Å². The fourth-order valence-electron chi connectivity index (χ4n) is 2.79. The molecule has 0 aliphatic carbocycles. The van der Waals surface area contributed by atoms with Crippen molar-refractivity contribution in [1.29, 1.82) is 0 Å². The highest BCUT2D eigenvalue weighted by Crippen LogP contribution is 2.27. The fourth-order valence-corrected chi connectivity index (χ4v) is 2.79. The highest BCUT2D eigenvalue weighted by Gasteiger charge is 2.16. The molecule has 0 spiro atoms. The predicted molar refractivity (Wildman–Crippen MR) is 96.7 cm³/mol. The highest BCUT2D eigenvalue weighted by molar-refractivity contribution is 5.94. The van der Waals surface area contributed by atoms with Gasteiger partial charge in [0.1, 0.15) is 11.3 Å². The average molecular weight is 338 g/mol. The van der Waals surface area contributed by atoms with Crippen LogP contribution in [0, 0.1) is 0 Å². The van der Waals surface area contributed by atoms with Crippen molar-refractivity contribution in [3.63, 3.8) is 0 Å². The van der Waals surface area contributed by atoms with Crippen LogP contribution < -0.4 is 4.74 Å². The van der Waals surface area contributed by atoms with Gasteiger partial charge < -0.3 is 9.64 Å². The Morgan fingerprint density at radius 2 is 2.12 bits per heavy atom. The molecule has 25 heavy (non-hydrogen) atoms. The van der Waals surface area contributed by atoms with Crippen molar-refractivity contribution < 1.29 is 9.53 Å². The van der Waals surface area contributed by atoms with Gasteiger partial charge in [0.15, 0.2) is 0 Å². The third kappa shape index (κ3) is 3.33. The van der Waals surface area contributed by atoms with Crippen LogP contribution in [0.3, 0.4) is 0 Å². The van der Waals surface area contributed by atoms with Crippen molar-refractivity contribution in [3.8, 4) is 5.75 Å². The Morgan fingerprint density at radius 1 is 1.32 bits per heavy atom. The molecule has 6 nitrogen and oxygen atoms in total. The number of pyridine rings is 1. The molecule has 6 heteroatoms. The number of benzene rings is 1. The first kappa shape index (κ1) is 17.0. The van der Waals surface area contributed by atoms with Crippen LogP contribution in [0.1, 0.15) is 35.8 Å². The summed E-state index contributed by atoms with van der Waals surface area (Å²) in [7, 11) is 3.42. The molecule has 0 aliphatic rings. The van der Waals surface area contributed by atoms with E-state index in [0.29, 0.717) is 12.1 Å². The summed E-state index contributed by atoms with van der Waals surface area (Å²) < 4.78 is 7.16. The molecule has 2 heterocycles. The van der Waals surface area contributed by atoms with E-state index in [0.717, 1.165) is 22.2 Å². The Morgan fingerprint density at radius 3 is 2.80 bits per heavy atom. The SMILES string of the molecule is COc1ccc(CN(C)C(=O)c2cnn(C(C)C)c2)c2cccnc12. The molecule has 1 amide bonds. The molecular weight excluding hydrogens is 316 g/mol. The monoisotopic (exact) mass is 338 g/mol. The number of amides is 1. The maximum absolute atomic E-state index is 12.7. The first-order chi connectivity index (χ1) is 12.0. The molecule has 0 aliphatic heterocycles. The van der Waals surface area contributed by atoms with Gasteiger partial charge in [-0.3, -0.25) is 14.5 Å². The van der Waals surface area contributed by atoms with E-state index in [2.05, 4.69) is 10.1 Å². The normalized spacial score (nSPS) is 11.1. The van der Waals surface area contributed by atoms with Crippen LogP contribution in [0.2, 0.25) is 0 Å². The summed E-state index contributed by atoms with van der Waals surface area (Å²) in [5.74, 6) is 0.672. The number of methoxy groups -OCH3 is 1. The van der Waals surface area contributed by atoms with Crippen molar-refractivity contribution in [2.45, 2.75) is 26.4 Å². The third-order valence-corrected chi connectivity index (χ3v) is 4.17. The van der Waals surface area contributed by atoms with Crippen molar-refractivity contribution in [3.05, 3.63) is 54.0 Å². The molecule has 0 saturated carbocycles. The number of fused-ring (bicyclic) bond motifs is 1. The van der Waals surface area contributed by atoms with Crippen molar-refractivity contribution in [2.75, 3.05) is 14.2 Å². The molecule has 0 saturated heterocycles. The van der Waals surface area contributed by atoms with Crippen LogP contribution in [0.5, 0.6) is 5.75 Å². The molecule has 3 aromatic rings. The minimum absolute atomic E-state index is 0.0558. The summed E-state index contributed by atoms with van der Waals surface area (Å²) in [6.07, 6.45) is 5.15. The van der Waals surface area contributed by atoms with Crippen LogP contribution >= 0.6 is 0 Å². The van der Waals surface area contributed by atoms with E-state index in [4.69, 9.17) is 4.74 Å². The topological polar surface area (TPSA) is 60.2 Å². The van der Waals surface area contributed by atoms with E-state index < -0.39 is 0 Å². The first-order valence-electron chi connectivity index (χ1n) is 8.21. The number of carbonyl (C=O) groups excluding carboxylic acids is 1. The Balaban J connectivity index is 1.86. The van der Waals surface area contributed by atoms with E-state index in [-0.39, 0.29) is 11.9 Å². The first-order valence-corrected chi connectivity index (χ1v) is 8.21. The molecule has 0 atom stereocenters. The van der Waals surface area contributed by atoms with Gasteiger partial charge in [0.05, 0.1) is 18.9 Å². The Bertz CT molecular complexity index is 901. The van der Waals surface area contributed by atoms with E-state index >= 15 is 0 Å². The zero-order chi connectivity index (χ0) is 18.0. The second-order valence-electron chi connectivity index (χ2n) is 6.29. The number of ether oxygens (including phenoxy) is 1. The summed E-state index contributed by atoms with van der Waals surface area (Å²) in [6.45, 7) is 4.54. The smallest absolute Gasteiger partial charge is 0.257 e. The minimum Gasteiger partial charge on any atom is -0.494 e. The maximum atomic E-state index is 12.7. The molecule has 0 bridgehead atoms.